The van der Waals surface area contributed by atoms with Gasteiger partial charge in [-0.2, -0.15) is 0 Å². The molecule has 0 aromatic heterocycles. The van der Waals surface area contributed by atoms with Gasteiger partial charge in [-0.05, 0) is 29.7 Å². The number of carbonyl (C=O) groups excluding carboxylic acids is 1. The number of rotatable bonds is 7. The second-order valence-electron chi connectivity index (χ2n) is 6.28. The average molecular weight is 373 g/mol. The zero-order chi connectivity index (χ0) is 18.4. The molecule has 0 radical (unpaired) electrons. The van der Waals surface area contributed by atoms with Gasteiger partial charge in [0.15, 0.2) is 0 Å². The molecule has 0 atom stereocenters. The Morgan fingerprint density at radius 2 is 1.69 bits per heavy atom. The standard InChI is InChI=1S/C19H23N3O3S/c23-19(14-21-26(24,25)18-8-2-1-3-9-18)20-11-13-22-12-10-16-6-4-5-7-17(16)15-22/h1-9,21H,10-15H2,(H,20,23). The highest BCUT2D eigenvalue weighted by Crippen LogP contribution is 2.17. The fourth-order valence-electron chi connectivity index (χ4n) is 3.00. The van der Waals surface area contributed by atoms with E-state index in [-0.39, 0.29) is 17.3 Å². The molecular weight excluding hydrogens is 350 g/mol. The highest BCUT2D eigenvalue weighted by atomic mass is 32.2. The van der Waals surface area contributed by atoms with Crippen LogP contribution in [0.3, 0.4) is 0 Å². The lowest BCUT2D eigenvalue weighted by Gasteiger charge is -2.28. The van der Waals surface area contributed by atoms with Crippen LogP contribution < -0.4 is 10.0 Å². The lowest BCUT2D eigenvalue weighted by atomic mass is 10.00. The molecule has 1 amide bonds. The van der Waals surface area contributed by atoms with Crippen LogP contribution in [0.2, 0.25) is 0 Å². The topological polar surface area (TPSA) is 78.5 Å². The molecule has 0 saturated heterocycles. The van der Waals surface area contributed by atoms with E-state index in [0.717, 1.165) is 26.1 Å². The minimum absolute atomic E-state index is 0.153. The van der Waals surface area contributed by atoms with E-state index < -0.39 is 10.0 Å². The van der Waals surface area contributed by atoms with Crippen molar-refractivity contribution in [2.24, 2.45) is 0 Å². The average Bonchev–Trinajstić information content (AvgIpc) is 2.67. The number of hydrogen-bond donors (Lipinski definition) is 2. The Labute approximate surface area is 154 Å². The summed E-state index contributed by atoms with van der Waals surface area (Å²) in [7, 11) is -3.66. The molecule has 0 spiro atoms. The molecule has 3 rings (SSSR count). The molecule has 0 aliphatic carbocycles. The van der Waals surface area contributed by atoms with Crippen molar-refractivity contribution in [3.05, 3.63) is 65.7 Å². The van der Waals surface area contributed by atoms with Crippen molar-refractivity contribution >= 4 is 15.9 Å². The molecular formula is C19H23N3O3S. The molecule has 26 heavy (non-hydrogen) atoms. The monoisotopic (exact) mass is 373 g/mol. The molecule has 0 bridgehead atoms. The lowest BCUT2D eigenvalue weighted by Crippen LogP contribution is -2.41. The predicted molar refractivity (Wildman–Crippen MR) is 100 cm³/mol. The second-order valence-corrected chi connectivity index (χ2v) is 8.05. The summed E-state index contributed by atoms with van der Waals surface area (Å²) >= 11 is 0. The quantitative estimate of drug-likeness (QED) is 0.763. The van der Waals surface area contributed by atoms with E-state index in [1.165, 1.54) is 23.3 Å². The third-order valence-electron chi connectivity index (χ3n) is 4.44. The molecule has 7 heteroatoms. The van der Waals surface area contributed by atoms with Crippen LogP contribution in [0.15, 0.2) is 59.5 Å². The molecule has 2 N–H and O–H groups in total. The summed E-state index contributed by atoms with van der Waals surface area (Å²) in [5.41, 5.74) is 2.73. The highest BCUT2D eigenvalue weighted by molar-refractivity contribution is 7.89. The van der Waals surface area contributed by atoms with E-state index in [1.807, 2.05) is 6.07 Å². The lowest BCUT2D eigenvalue weighted by molar-refractivity contribution is -0.120. The maximum Gasteiger partial charge on any atom is 0.241 e. The Hall–Kier alpha value is -2.22. The van der Waals surface area contributed by atoms with Crippen molar-refractivity contribution in [1.82, 2.24) is 14.9 Å². The number of benzene rings is 2. The third-order valence-corrected chi connectivity index (χ3v) is 5.85. The number of amides is 1. The molecule has 1 aliphatic heterocycles. The van der Waals surface area contributed by atoms with E-state index in [4.69, 9.17) is 0 Å². The summed E-state index contributed by atoms with van der Waals surface area (Å²) in [5, 5.41) is 2.77. The molecule has 1 heterocycles. The van der Waals surface area contributed by atoms with Gasteiger partial charge in [0.05, 0.1) is 11.4 Å². The van der Waals surface area contributed by atoms with Gasteiger partial charge in [0, 0.05) is 26.2 Å². The van der Waals surface area contributed by atoms with Crippen LogP contribution in [0, 0.1) is 0 Å². The van der Waals surface area contributed by atoms with Crippen LogP contribution >= 0.6 is 0 Å². The Balaban J connectivity index is 1.40. The van der Waals surface area contributed by atoms with Gasteiger partial charge < -0.3 is 5.32 Å². The van der Waals surface area contributed by atoms with Crippen LogP contribution in [-0.2, 0) is 27.8 Å². The summed E-state index contributed by atoms with van der Waals surface area (Å²) in [4.78, 5) is 14.3. The largest absolute Gasteiger partial charge is 0.354 e. The minimum atomic E-state index is -3.66. The first-order chi connectivity index (χ1) is 12.5. The van der Waals surface area contributed by atoms with Gasteiger partial charge in [-0.1, -0.05) is 42.5 Å². The maximum atomic E-state index is 12.1. The zero-order valence-electron chi connectivity index (χ0n) is 14.5. The zero-order valence-corrected chi connectivity index (χ0v) is 15.3. The molecule has 0 fully saturated rings. The van der Waals surface area contributed by atoms with Crippen LogP contribution in [0.5, 0.6) is 0 Å². The predicted octanol–water partition coefficient (Wildman–Crippen LogP) is 1.14. The number of sulfonamides is 1. The molecule has 0 unspecified atom stereocenters. The van der Waals surface area contributed by atoms with Gasteiger partial charge >= 0.3 is 0 Å². The summed E-state index contributed by atoms with van der Waals surface area (Å²) in [6.07, 6.45) is 1.01. The van der Waals surface area contributed by atoms with Gasteiger partial charge in [0.25, 0.3) is 0 Å². The fourth-order valence-corrected chi connectivity index (χ4v) is 4.01. The highest BCUT2D eigenvalue weighted by Gasteiger charge is 2.17. The fraction of sp³-hybridized carbons (Fsp3) is 0.316. The van der Waals surface area contributed by atoms with Gasteiger partial charge in [0.1, 0.15) is 0 Å². The van der Waals surface area contributed by atoms with Crippen molar-refractivity contribution in [3.63, 3.8) is 0 Å². The van der Waals surface area contributed by atoms with Crippen LogP contribution in [-0.4, -0.2) is 45.4 Å². The minimum Gasteiger partial charge on any atom is -0.354 e. The normalized spacial score (nSPS) is 14.6. The third kappa shape index (κ3) is 4.91. The van der Waals surface area contributed by atoms with Crippen molar-refractivity contribution in [2.75, 3.05) is 26.2 Å². The van der Waals surface area contributed by atoms with Gasteiger partial charge in [-0.3, -0.25) is 9.69 Å². The number of carbonyl (C=O) groups is 1. The molecule has 2 aromatic rings. The number of fused-ring (bicyclic) bond motifs is 1. The van der Waals surface area contributed by atoms with E-state index >= 15 is 0 Å². The van der Waals surface area contributed by atoms with Crippen molar-refractivity contribution in [3.8, 4) is 0 Å². The second kappa shape index (κ2) is 8.44. The first-order valence-electron chi connectivity index (χ1n) is 8.65. The molecule has 2 aromatic carbocycles. The maximum absolute atomic E-state index is 12.1. The molecule has 6 nitrogen and oxygen atoms in total. The van der Waals surface area contributed by atoms with Crippen molar-refractivity contribution < 1.29 is 13.2 Å². The van der Waals surface area contributed by atoms with E-state index in [9.17, 15) is 13.2 Å². The Morgan fingerprint density at radius 3 is 2.46 bits per heavy atom. The summed E-state index contributed by atoms with van der Waals surface area (Å²) in [6, 6.07) is 16.4. The molecule has 1 aliphatic rings. The number of hydrogen-bond acceptors (Lipinski definition) is 4. The first-order valence-corrected chi connectivity index (χ1v) is 10.1. The molecule has 138 valence electrons. The van der Waals surface area contributed by atoms with Crippen molar-refractivity contribution in [2.45, 2.75) is 17.9 Å². The number of nitrogens with zero attached hydrogens (tertiary/aromatic N) is 1. The van der Waals surface area contributed by atoms with Gasteiger partial charge in [-0.15, -0.1) is 0 Å². The summed E-state index contributed by atoms with van der Waals surface area (Å²) < 4.78 is 26.5. The smallest absolute Gasteiger partial charge is 0.241 e. The Kier molecular flexibility index (Phi) is 6.03. The number of nitrogens with one attached hydrogen (secondary N) is 2. The van der Waals surface area contributed by atoms with Crippen LogP contribution in [0.1, 0.15) is 11.1 Å². The van der Waals surface area contributed by atoms with E-state index in [1.54, 1.807) is 18.2 Å². The van der Waals surface area contributed by atoms with Gasteiger partial charge in [0.2, 0.25) is 15.9 Å². The SMILES string of the molecule is O=C(CNS(=O)(=O)c1ccccc1)NCCN1CCc2ccccc2C1. The van der Waals surface area contributed by atoms with Crippen LogP contribution in [0.4, 0.5) is 0 Å². The Morgan fingerprint density at radius 1 is 1.00 bits per heavy atom. The molecule has 0 saturated carbocycles. The van der Waals surface area contributed by atoms with Crippen LogP contribution in [0.25, 0.3) is 0 Å². The van der Waals surface area contributed by atoms with E-state index in [2.05, 4.69) is 33.1 Å². The summed E-state index contributed by atoms with van der Waals surface area (Å²) in [6.45, 7) is 2.82. The first kappa shape index (κ1) is 18.6. The Bertz CT molecular complexity index is 853. The van der Waals surface area contributed by atoms with Gasteiger partial charge in [-0.25, -0.2) is 13.1 Å². The van der Waals surface area contributed by atoms with Crippen molar-refractivity contribution in [1.29, 1.82) is 0 Å². The van der Waals surface area contributed by atoms with E-state index in [0.29, 0.717) is 6.54 Å². The summed E-state index contributed by atoms with van der Waals surface area (Å²) in [5.74, 6) is -0.332.